The van der Waals surface area contributed by atoms with Crippen LogP contribution in [0.2, 0.25) is 0 Å². The Balaban J connectivity index is 1.97. The fourth-order valence-corrected chi connectivity index (χ4v) is 3.64. The van der Waals surface area contributed by atoms with Crippen LogP contribution >= 0.6 is 0 Å². The van der Waals surface area contributed by atoms with Crippen molar-refractivity contribution in [1.29, 1.82) is 0 Å². The van der Waals surface area contributed by atoms with Crippen molar-refractivity contribution in [2.75, 3.05) is 17.6 Å². The van der Waals surface area contributed by atoms with E-state index in [0.717, 1.165) is 46.6 Å². The van der Waals surface area contributed by atoms with E-state index in [4.69, 9.17) is 5.73 Å². The largest absolute Gasteiger partial charge is 0.396 e. The van der Waals surface area contributed by atoms with Crippen LogP contribution in [0.4, 0.5) is 15.8 Å². The Morgan fingerprint density at radius 1 is 1.16 bits per heavy atom. The van der Waals surface area contributed by atoms with Crippen molar-refractivity contribution in [3.05, 3.63) is 47.3 Å². The number of aryl methyl sites for hydroxylation is 1. The number of benzene rings is 1. The molecule has 2 aromatic heterocycles. The van der Waals surface area contributed by atoms with Crippen LogP contribution in [0, 0.1) is 19.7 Å². The molecule has 1 aliphatic heterocycles. The molecule has 3 N–H and O–H groups in total. The number of aromatic nitrogens is 2. The smallest absolute Gasteiger partial charge is 0.154 e. The van der Waals surface area contributed by atoms with E-state index in [1.807, 2.05) is 26.0 Å². The molecule has 0 saturated carbocycles. The number of nitrogens with two attached hydrogens (primary N) is 1. The zero-order valence-electron chi connectivity index (χ0n) is 14.7. The van der Waals surface area contributed by atoms with Gasteiger partial charge in [0.15, 0.2) is 5.82 Å². The van der Waals surface area contributed by atoms with Crippen LogP contribution in [-0.2, 0) is 0 Å². The van der Waals surface area contributed by atoms with Gasteiger partial charge < -0.3 is 11.1 Å². The van der Waals surface area contributed by atoms with Crippen molar-refractivity contribution in [3.8, 4) is 11.1 Å². The molecule has 5 heteroatoms. The lowest BCUT2D eigenvalue weighted by molar-refractivity contribution is 0.636. The summed E-state index contributed by atoms with van der Waals surface area (Å²) < 4.78 is 15.0. The number of anilines is 2. The van der Waals surface area contributed by atoms with Crippen LogP contribution in [0.25, 0.3) is 21.9 Å². The number of nitrogens with one attached hydrogen (secondary N) is 1. The van der Waals surface area contributed by atoms with Gasteiger partial charge in [-0.2, -0.15) is 0 Å². The van der Waals surface area contributed by atoms with Crippen molar-refractivity contribution >= 4 is 22.1 Å². The first-order chi connectivity index (χ1) is 12.0. The minimum Gasteiger partial charge on any atom is -0.396 e. The monoisotopic (exact) mass is 336 g/mol. The number of rotatable bonds is 1. The molecule has 1 unspecified atom stereocenters. The van der Waals surface area contributed by atoms with Gasteiger partial charge in [-0.3, -0.25) is 9.97 Å². The first-order valence-corrected chi connectivity index (χ1v) is 8.55. The van der Waals surface area contributed by atoms with Crippen molar-refractivity contribution in [2.45, 2.75) is 33.1 Å². The predicted molar refractivity (Wildman–Crippen MR) is 100 cm³/mol. The molecular formula is C20H21FN4. The molecule has 1 aromatic carbocycles. The first-order valence-electron chi connectivity index (χ1n) is 8.55. The number of hydrogen-bond donors (Lipinski definition) is 2. The van der Waals surface area contributed by atoms with Crippen LogP contribution in [-0.4, -0.2) is 16.5 Å². The van der Waals surface area contributed by atoms with Gasteiger partial charge in [0.25, 0.3) is 0 Å². The van der Waals surface area contributed by atoms with Crippen molar-refractivity contribution in [1.82, 2.24) is 9.97 Å². The predicted octanol–water partition coefficient (Wildman–Crippen LogP) is 4.55. The number of fused-ring (bicyclic) bond motifs is 2. The van der Waals surface area contributed by atoms with Gasteiger partial charge in [-0.1, -0.05) is 6.92 Å². The SMILES string of the molecule is Cc1cc2cc(-c3cnc4c(c3C)NCCC4C)c(F)c(N)c2cn1. The second kappa shape index (κ2) is 5.69. The molecule has 4 nitrogen and oxygen atoms in total. The molecule has 3 aromatic rings. The van der Waals surface area contributed by atoms with Gasteiger partial charge in [0, 0.05) is 47.1 Å². The summed E-state index contributed by atoms with van der Waals surface area (Å²) in [5, 5.41) is 4.96. The van der Waals surface area contributed by atoms with E-state index in [1.54, 1.807) is 12.4 Å². The maximum Gasteiger partial charge on any atom is 0.154 e. The van der Waals surface area contributed by atoms with Gasteiger partial charge in [0.1, 0.15) is 0 Å². The Labute approximate surface area is 146 Å². The van der Waals surface area contributed by atoms with E-state index in [9.17, 15) is 0 Å². The highest BCUT2D eigenvalue weighted by Gasteiger charge is 2.23. The number of pyridine rings is 2. The van der Waals surface area contributed by atoms with Gasteiger partial charge in [0.05, 0.1) is 17.1 Å². The number of hydrogen-bond acceptors (Lipinski definition) is 4. The highest BCUT2D eigenvalue weighted by atomic mass is 19.1. The van der Waals surface area contributed by atoms with Crippen LogP contribution in [0.5, 0.6) is 0 Å². The molecule has 0 saturated heterocycles. The average Bonchev–Trinajstić information content (AvgIpc) is 2.59. The lowest BCUT2D eigenvalue weighted by atomic mass is 9.91. The van der Waals surface area contributed by atoms with Crippen molar-refractivity contribution < 1.29 is 4.39 Å². The molecular weight excluding hydrogens is 315 g/mol. The van der Waals surface area contributed by atoms with Crippen molar-refractivity contribution in [3.63, 3.8) is 0 Å². The highest BCUT2D eigenvalue weighted by molar-refractivity contribution is 5.97. The van der Waals surface area contributed by atoms with Crippen LogP contribution in [0.3, 0.4) is 0 Å². The Morgan fingerprint density at radius 3 is 2.76 bits per heavy atom. The third-order valence-electron chi connectivity index (χ3n) is 5.14. The summed E-state index contributed by atoms with van der Waals surface area (Å²) in [6.07, 6.45) is 4.46. The maximum absolute atomic E-state index is 15.0. The molecule has 25 heavy (non-hydrogen) atoms. The molecule has 1 aliphatic rings. The Kier molecular flexibility index (Phi) is 3.60. The van der Waals surface area contributed by atoms with E-state index in [0.29, 0.717) is 16.9 Å². The van der Waals surface area contributed by atoms with Gasteiger partial charge in [-0.15, -0.1) is 0 Å². The number of halogens is 1. The minimum atomic E-state index is -0.410. The van der Waals surface area contributed by atoms with E-state index >= 15 is 4.39 Å². The summed E-state index contributed by atoms with van der Waals surface area (Å²) in [6, 6.07) is 3.77. The molecule has 128 valence electrons. The van der Waals surface area contributed by atoms with E-state index in [1.165, 1.54) is 0 Å². The molecule has 0 amide bonds. The topological polar surface area (TPSA) is 63.8 Å². The summed E-state index contributed by atoms with van der Waals surface area (Å²) in [6.45, 7) is 7.01. The average molecular weight is 336 g/mol. The van der Waals surface area contributed by atoms with E-state index in [2.05, 4.69) is 22.2 Å². The van der Waals surface area contributed by atoms with Gasteiger partial charge in [-0.25, -0.2) is 4.39 Å². The second-order valence-corrected chi connectivity index (χ2v) is 6.87. The summed E-state index contributed by atoms with van der Waals surface area (Å²) in [5.41, 5.74) is 11.4. The lowest BCUT2D eigenvalue weighted by Gasteiger charge is -2.26. The van der Waals surface area contributed by atoms with E-state index < -0.39 is 5.82 Å². The Morgan fingerprint density at radius 2 is 1.96 bits per heavy atom. The molecule has 0 spiro atoms. The normalized spacial score (nSPS) is 16.6. The molecule has 0 bridgehead atoms. The summed E-state index contributed by atoms with van der Waals surface area (Å²) in [4.78, 5) is 8.85. The standard InChI is InChI=1S/C20H21FN4/c1-10-4-5-23-20-12(3)15(8-25-19(10)20)14-7-13-6-11(2)24-9-16(13)18(22)17(14)21/h6-10,23H,4-5,22H2,1-3H3. The summed E-state index contributed by atoms with van der Waals surface area (Å²) in [7, 11) is 0. The molecule has 1 atom stereocenters. The van der Waals surface area contributed by atoms with Crippen LogP contribution in [0.1, 0.15) is 36.2 Å². The zero-order valence-corrected chi connectivity index (χ0v) is 14.7. The highest BCUT2D eigenvalue weighted by Crippen LogP contribution is 2.39. The quantitative estimate of drug-likeness (QED) is 0.640. The third kappa shape index (κ3) is 2.42. The van der Waals surface area contributed by atoms with Crippen LogP contribution < -0.4 is 11.1 Å². The maximum atomic E-state index is 15.0. The van der Waals surface area contributed by atoms with E-state index in [-0.39, 0.29) is 5.69 Å². The lowest BCUT2D eigenvalue weighted by Crippen LogP contribution is -2.18. The molecule has 0 fully saturated rings. The molecule has 3 heterocycles. The van der Waals surface area contributed by atoms with Gasteiger partial charge in [0.2, 0.25) is 0 Å². The van der Waals surface area contributed by atoms with Crippen molar-refractivity contribution in [2.24, 2.45) is 0 Å². The van der Waals surface area contributed by atoms with Gasteiger partial charge >= 0.3 is 0 Å². The molecule has 0 aliphatic carbocycles. The summed E-state index contributed by atoms with van der Waals surface area (Å²) >= 11 is 0. The first kappa shape index (κ1) is 15.8. The number of nitrogens with zero attached hydrogens (tertiary/aromatic N) is 2. The minimum absolute atomic E-state index is 0.137. The Bertz CT molecular complexity index is 997. The fraction of sp³-hybridized carbons (Fsp3) is 0.300. The second-order valence-electron chi connectivity index (χ2n) is 6.87. The summed E-state index contributed by atoms with van der Waals surface area (Å²) in [5.74, 6) is -0.00361. The molecule has 4 rings (SSSR count). The zero-order chi connectivity index (χ0) is 17.7. The molecule has 0 radical (unpaired) electrons. The Hall–Kier alpha value is -2.69. The number of nitrogen functional groups attached to an aromatic ring is 1. The van der Waals surface area contributed by atoms with Crippen LogP contribution in [0.15, 0.2) is 24.5 Å². The third-order valence-corrected chi connectivity index (χ3v) is 5.14. The fourth-order valence-electron chi connectivity index (χ4n) is 3.64. The van der Waals surface area contributed by atoms with Gasteiger partial charge in [-0.05, 0) is 43.4 Å².